The number of carbonyl (C=O) groups is 2. The number of benzene rings is 2. The minimum absolute atomic E-state index is 0.147. The fourth-order valence-electron chi connectivity index (χ4n) is 1.90. The topological polar surface area (TPSA) is 70.2 Å². The smallest absolute Gasteiger partial charge is 0.251 e. The van der Waals surface area contributed by atoms with Crippen LogP contribution in [0.1, 0.15) is 16.8 Å². The number of hydrogen-bond donors (Lipinski definition) is 3. The first kappa shape index (κ1) is 20.4. The van der Waals surface area contributed by atoms with Crippen LogP contribution in [0.3, 0.4) is 0 Å². The Morgan fingerprint density at radius 3 is 1.93 bits per heavy atom. The molecule has 0 fully saturated rings. The zero-order valence-electron chi connectivity index (χ0n) is 13.3. The molecule has 0 atom stereocenters. The van der Waals surface area contributed by atoms with E-state index in [1.807, 2.05) is 0 Å². The van der Waals surface area contributed by atoms with Crippen molar-refractivity contribution < 1.29 is 31.5 Å². The second kappa shape index (κ2) is 8.67. The van der Waals surface area contributed by atoms with Gasteiger partial charge in [-0.2, -0.15) is 0 Å². The van der Waals surface area contributed by atoms with Gasteiger partial charge in [0.25, 0.3) is 5.91 Å². The van der Waals surface area contributed by atoms with Crippen molar-refractivity contribution in [2.75, 3.05) is 12.0 Å². The molecule has 2 amide bonds. The van der Waals surface area contributed by atoms with Crippen molar-refractivity contribution in [2.24, 2.45) is 0 Å². The molecule has 0 saturated heterocycles. The molecule has 0 unspecified atom stereocenters. The third-order valence-electron chi connectivity index (χ3n) is 3.28. The quantitative estimate of drug-likeness (QED) is 0.298. The third-order valence-corrected chi connectivity index (χ3v) is 3.53. The molecule has 0 aliphatic heterocycles. The first-order valence-electron chi connectivity index (χ1n) is 7.32. The number of hydrogen-bond acceptors (Lipinski definition) is 3. The van der Waals surface area contributed by atoms with Crippen molar-refractivity contribution in [1.82, 2.24) is 10.7 Å². The maximum atomic E-state index is 13.4. The lowest BCUT2D eigenvalue weighted by Crippen LogP contribution is -2.34. The third kappa shape index (κ3) is 4.85. The monoisotopic (exact) mass is 407 g/mol. The van der Waals surface area contributed by atoms with Gasteiger partial charge in [0.2, 0.25) is 11.7 Å². The lowest BCUT2D eigenvalue weighted by Gasteiger charge is -2.12. The number of nitrogens with one attached hydrogen (secondary N) is 3. The number of amides is 2. The van der Waals surface area contributed by atoms with Crippen molar-refractivity contribution in [3.8, 4) is 0 Å². The molecule has 0 saturated carbocycles. The predicted molar refractivity (Wildman–Crippen MR) is 86.4 cm³/mol. The van der Waals surface area contributed by atoms with Crippen LogP contribution in [0, 0.1) is 29.1 Å². The number of hydrazine groups is 1. The van der Waals surface area contributed by atoms with E-state index in [2.05, 4.69) is 5.32 Å². The molecular formula is C16H11ClF5N3O2. The zero-order valence-corrected chi connectivity index (χ0v) is 14.1. The van der Waals surface area contributed by atoms with Crippen LogP contribution < -0.4 is 16.2 Å². The summed E-state index contributed by atoms with van der Waals surface area (Å²) in [5, 5.41) is 2.84. The maximum absolute atomic E-state index is 13.4. The van der Waals surface area contributed by atoms with Crippen LogP contribution in [0.25, 0.3) is 0 Å². The van der Waals surface area contributed by atoms with Crippen LogP contribution in [-0.4, -0.2) is 18.4 Å². The van der Waals surface area contributed by atoms with Gasteiger partial charge in [0.05, 0.1) is 0 Å². The molecule has 3 N–H and O–H groups in total. The summed E-state index contributed by atoms with van der Waals surface area (Å²) in [5.41, 5.74) is 2.32. The summed E-state index contributed by atoms with van der Waals surface area (Å²) in [6.45, 7) is -0.147. The van der Waals surface area contributed by atoms with Crippen molar-refractivity contribution in [3.05, 3.63) is 63.9 Å². The SMILES string of the molecule is O=C(CCNC(=O)c1ccc(Cl)cc1)NNc1c(F)c(F)c(F)c(F)c1F. The zero-order chi connectivity index (χ0) is 20.1. The number of carbonyl (C=O) groups excluding carboxylic acids is 2. The van der Waals surface area contributed by atoms with Crippen LogP contribution in [-0.2, 0) is 4.79 Å². The second-order valence-electron chi connectivity index (χ2n) is 5.13. The Balaban J connectivity index is 1.87. The Kier molecular flexibility index (Phi) is 6.56. The van der Waals surface area contributed by atoms with E-state index in [-0.39, 0.29) is 13.0 Å². The normalized spacial score (nSPS) is 10.4. The van der Waals surface area contributed by atoms with Gasteiger partial charge in [-0.1, -0.05) is 11.6 Å². The predicted octanol–water partition coefficient (Wildman–Crippen LogP) is 3.30. The highest BCUT2D eigenvalue weighted by molar-refractivity contribution is 6.30. The molecule has 27 heavy (non-hydrogen) atoms. The average molecular weight is 408 g/mol. The Labute approximate surface area is 154 Å². The highest BCUT2D eigenvalue weighted by Crippen LogP contribution is 2.26. The van der Waals surface area contributed by atoms with Gasteiger partial charge in [0.1, 0.15) is 5.69 Å². The molecule has 0 heterocycles. The number of halogens is 6. The summed E-state index contributed by atoms with van der Waals surface area (Å²) >= 11 is 5.69. The Hall–Kier alpha value is -2.88. The minimum atomic E-state index is -2.31. The Bertz CT molecular complexity index is 848. The molecule has 0 aliphatic rings. The van der Waals surface area contributed by atoms with Crippen molar-refractivity contribution in [1.29, 1.82) is 0 Å². The van der Waals surface area contributed by atoms with E-state index >= 15 is 0 Å². The summed E-state index contributed by atoms with van der Waals surface area (Å²) in [5.74, 6) is -12.2. The van der Waals surface area contributed by atoms with Gasteiger partial charge in [0.15, 0.2) is 23.3 Å². The minimum Gasteiger partial charge on any atom is -0.352 e. The van der Waals surface area contributed by atoms with E-state index in [0.29, 0.717) is 10.6 Å². The molecule has 2 rings (SSSR count). The first-order chi connectivity index (χ1) is 12.7. The molecule has 5 nitrogen and oxygen atoms in total. The second-order valence-corrected chi connectivity index (χ2v) is 5.57. The Morgan fingerprint density at radius 2 is 1.37 bits per heavy atom. The summed E-state index contributed by atoms with van der Waals surface area (Å²) < 4.78 is 65.8. The lowest BCUT2D eigenvalue weighted by atomic mass is 10.2. The molecule has 2 aromatic rings. The maximum Gasteiger partial charge on any atom is 0.251 e. The molecule has 2 aromatic carbocycles. The molecular weight excluding hydrogens is 397 g/mol. The van der Waals surface area contributed by atoms with E-state index in [1.54, 1.807) is 10.9 Å². The van der Waals surface area contributed by atoms with Crippen LogP contribution in [0.15, 0.2) is 24.3 Å². The fraction of sp³-hybridized carbons (Fsp3) is 0.125. The van der Waals surface area contributed by atoms with Gasteiger partial charge in [-0.05, 0) is 24.3 Å². The standard InChI is InChI=1S/C16H11ClF5N3O2/c17-8-3-1-7(2-4-8)16(27)23-6-5-9(26)24-25-15-13(21)11(19)10(18)12(20)14(15)22/h1-4,25H,5-6H2,(H,23,27)(H,24,26). The van der Waals surface area contributed by atoms with Gasteiger partial charge in [-0.15, -0.1) is 0 Å². The van der Waals surface area contributed by atoms with Crippen LogP contribution in [0.4, 0.5) is 27.6 Å². The molecule has 0 spiro atoms. The van der Waals surface area contributed by atoms with Gasteiger partial charge in [-0.3, -0.25) is 20.4 Å². The van der Waals surface area contributed by atoms with E-state index in [9.17, 15) is 31.5 Å². The van der Waals surface area contributed by atoms with Gasteiger partial charge >= 0.3 is 0 Å². The fourth-order valence-corrected chi connectivity index (χ4v) is 2.03. The average Bonchev–Trinajstić information content (AvgIpc) is 2.65. The summed E-state index contributed by atoms with van der Waals surface area (Å²) in [6, 6.07) is 5.92. The Morgan fingerprint density at radius 1 is 0.852 bits per heavy atom. The molecule has 144 valence electrons. The lowest BCUT2D eigenvalue weighted by molar-refractivity contribution is -0.120. The number of anilines is 1. The van der Waals surface area contributed by atoms with Crippen LogP contribution in [0.5, 0.6) is 0 Å². The van der Waals surface area contributed by atoms with E-state index in [4.69, 9.17) is 11.6 Å². The van der Waals surface area contributed by atoms with E-state index in [1.165, 1.54) is 24.3 Å². The van der Waals surface area contributed by atoms with E-state index in [0.717, 1.165) is 0 Å². The van der Waals surface area contributed by atoms with Crippen molar-refractivity contribution in [2.45, 2.75) is 6.42 Å². The summed E-state index contributed by atoms with van der Waals surface area (Å²) in [7, 11) is 0. The highest BCUT2D eigenvalue weighted by Gasteiger charge is 2.26. The molecule has 0 aliphatic carbocycles. The molecule has 0 aromatic heterocycles. The highest BCUT2D eigenvalue weighted by atomic mass is 35.5. The van der Waals surface area contributed by atoms with Gasteiger partial charge in [0, 0.05) is 23.6 Å². The van der Waals surface area contributed by atoms with E-state index < -0.39 is 46.6 Å². The molecule has 0 radical (unpaired) electrons. The first-order valence-corrected chi connectivity index (χ1v) is 7.70. The molecule has 11 heteroatoms. The largest absolute Gasteiger partial charge is 0.352 e. The van der Waals surface area contributed by atoms with Gasteiger partial charge in [-0.25, -0.2) is 22.0 Å². The van der Waals surface area contributed by atoms with Crippen LogP contribution >= 0.6 is 11.6 Å². The summed E-state index contributed by atoms with van der Waals surface area (Å²) in [4.78, 5) is 23.4. The van der Waals surface area contributed by atoms with Crippen molar-refractivity contribution in [3.63, 3.8) is 0 Å². The molecule has 0 bridgehead atoms. The summed E-state index contributed by atoms with van der Waals surface area (Å²) in [6.07, 6.45) is -0.332. The van der Waals surface area contributed by atoms with Crippen molar-refractivity contribution >= 4 is 29.1 Å². The van der Waals surface area contributed by atoms with Crippen LogP contribution in [0.2, 0.25) is 5.02 Å². The number of rotatable bonds is 6. The van der Waals surface area contributed by atoms with Gasteiger partial charge < -0.3 is 5.32 Å².